The third kappa shape index (κ3) is 6.12. The third-order valence-electron chi connectivity index (χ3n) is 6.49. The quantitative estimate of drug-likeness (QED) is 0.354. The summed E-state index contributed by atoms with van der Waals surface area (Å²) >= 11 is 9.32. The highest BCUT2D eigenvalue weighted by atomic mass is 79.9. The molecule has 39 heavy (non-hydrogen) atoms. The Hall–Kier alpha value is -3.37. The van der Waals surface area contributed by atoms with Gasteiger partial charge in [0.2, 0.25) is 5.43 Å². The molecule has 0 bridgehead atoms. The molecule has 206 valence electrons. The molecule has 4 rings (SSSR count). The van der Waals surface area contributed by atoms with E-state index < -0.39 is 28.8 Å². The number of carboxylic acid groups (broad SMARTS) is 1. The number of amides is 2. The third-order valence-corrected chi connectivity index (χ3v) is 7.59. The maximum Gasteiger partial charge on any atom is 0.408 e. The van der Waals surface area contributed by atoms with Gasteiger partial charge in [0.25, 0.3) is 5.91 Å². The second-order valence-corrected chi connectivity index (χ2v) is 11.4. The predicted octanol–water partition coefficient (Wildman–Crippen LogP) is 5.92. The molecule has 0 spiro atoms. The van der Waals surface area contributed by atoms with E-state index in [1.165, 1.54) is 21.9 Å². The lowest BCUT2D eigenvalue weighted by atomic mass is 10.1. The summed E-state index contributed by atoms with van der Waals surface area (Å²) in [5, 5.41) is 9.83. The number of fused-ring (bicyclic) bond motifs is 1. The molecule has 2 heterocycles. The number of pyridine rings is 1. The molecule has 2 amide bonds. The van der Waals surface area contributed by atoms with Crippen LogP contribution in [0.15, 0.2) is 57.8 Å². The maximum absolute atomic E-state index is 13.9. The summed E-state index contributed by atoms with van der Waals surface area (Å²) in [6.07, 6.45) is -1.16. The lowest BCUT2D eigenvalue weighted by Crippen LogP contribution is -2.47. The van der Waals surface area contributed by atoms with Gasteiger partial charge in [-0.2, -0.15) is 0 Å². The van der Waals surface area contributed by atoms with Crippen LogP contribution < -0.4 is 10.2 Å². The number of carbonyl (C=O) groups excluding carboxylic acids is 1. The van der Waals surface area contributed by atoms with Gasteiger partial charge in [-0.1, -0.05) is 48.0 Å². The first-order valence-corrected chi connectivity index (χ1v) is 13.4. The molecule has 3 aromatic rings. The van der Waals surface area contributed by atoms with E-state index in [0.717, 1.165) is 5.56 Å². The summed E-state index contributed by atoms with van der Waals surface area (Å²) in [6, 6.07) is 13.5. The molecule has 0 saturated carbocycles. The molecule has 0 saturated heterocycles. The molecule has 0 fully saturated rings. The van der Waals surface area contributed by atoms with Crippen molar-refractivity contribution in [2.75, 3.05) is 6.54 Å². The zero-order chi connectivity index (χ0) is 28.5. The van der Waals surface area contributed by atoms with Crippen LogP contribution in [0.2, 0.25) is 5.02 Å². The van der Waals surface area contributed by atoms with Crippen LogP contribution in [-0.2, 0) is 26.2 Å². The monoisotopic (exact) mass is 619 g/mol. The molecule has 0 radical (unpaired) electrons. The van der Waals surface area contributed by atoms with E-state index in [4.69, 9.17) is 16.3 Å². The van der Waals surface area contributed by atoms with Crippen LogP contribution in [0.25, 0.3) is 0 Å². The van der Waals surface area contributed by atoms with E-state index in [1.54, 1.807) is 31.4 Å². The summed E-state index contributed by atoms with van der Waals surface area (Å²) in [4.78, 5) is 42.3. The van der Waals surface area contributed by atoms with Crippen molar-refractivity contribution in [2.45, 2.75) is 52.6 Å². The maximum atomic E-state index is 13.9. The van der Waals surface area contributed by atoms with Crippen LogP contribution in [0.3, 0.4) is 0 Å². The fraction of sp³-hybridized carbons (Fsp3) is 0.321. The largest absolute Gasteiger partial charge is 0.483 e. The standard InChI is InChI=1S/C28H28BrClFN3O5/c1-28(2,3)34(27(37)38)15-21-22(29)24(35)25(39-16-17-7-5-4-6-8-17)23-26(36)32(11-12-33(21)23)14-18-9-10-20(31)19(30)13-18/h4-10,13H,11-12,14-16H2,1-3H3,(H,37,38). The van der Waals surface area contributed by atoms with Crippen LogP contribution in [0.4, 0.5) is 9.18 Å². The van der Waals surface area contributed by atoms with Gasteiger partial charge in [-0.05, 0) is 60.0 Å². The van der Waals surface area contributed by atoms with Crippen molar-refractivity contribution in [3.8, 4) is 5.75 Å². The lowest BCUT2D eigenvalue weighted by molar-refractivity contribution is 0.0671. The van der Waals surface area contributed by atoms with Gasteiger partial charge in [0.1, 0.15) is 12.4 Å². The van der Waals surface area contributed by atoms with Crippen molar-refractivity contribution in [2.24, 2.45) is 0 Å². The van der Waals surface area contributed by atoms with Gasteiger partial charge < -0.3 is 19.3 Å². The van der Waals surface area contributed by atoms with Crippen LogP contribution in [-0.4, -0.2) is 43.6 Å². The van der Waals surface area contributed by atoms with Crippen LogP contribution in [0, 0.1) is 5.82 Å². The van der Waals surface area contributed by atoms with Crippen molar-refractivity contribution in [1.29, 1.82) is 0 Å². The fourth-order valence-electron chi connectivity index (χ4n) is 4.41. The van der Waals surface area contributed by atoms with Crippen LogP contribution in [0.5, 0.6) is 5.75 Å². The fourth-order valence-corrected chi connectivity index (χ4v) is 5.14. The van der Waals surface area contributed by atoms with E-state index in [1.807, 2.05) is 30.3 Å². The molecule has 1 aliphatic rings. The summed E-state index contributed by atoms with van der Waals surface area (Å²) in [5.74, 6) is -1.15. The molecular weight excluding hydrogens is 593 g/mol. The molecule has 0 aliphatic carbocycles. The number of rotatable bonds is 7. The van der Waals surface area contributed by atoms with E-state index in [2.05, 4.69) is 15.9 Å². The zero-order valence-electron chi connectivity index (χ0n) is 21.7. The molecule has 1 aliphatic heterocycles. The number of hydrogen-bond acceptors (Lipinski definition) is 4. The molecular formula is C28H28BrClFN3O5. The Morgan fingerprint density at radius 1 is 1.13 bits per heavy atom. The van der Waals surface area contributed by atoms with Gasteiger partial charge in [-0.25, -0.2) is 9.18 Å². The Balaban J connectivity index is 1.80. The summed E-state index contributed by atoms with van der Waals surface area (Å²) in [5.41, 5.74) is 0.509. The van der Waals surface area contributed by atoms with Gasteiger partial charge in [0.05, 0.1) is 21.7 Å². The van der Waals surface area contributed by atoms with Crippen molar-refractivity contribution >= 4 is 39.5 Å². The summed E-state index contributed by atoms with van der Waals surface area (Å²) in [6.45, 7) is 5.88. The highest BCUT2D eigenvalue weighted by Gasteiger charge is 2.35. The SMILES string of the molecule is CC(C)(C)N(Cc1c(Br)c(=O)c(OCc2ccccc2)c2n1CCN(Cc1ccc(F)c(Cl)c1)C2=O)C(=O)O. The van der Waals surface area contributed by atoms with Gasteiger partial charge in [-0.3, -0.25) is 14.5 Å². The smallest absolute Gasteiger partial charge is 0.408 e. The van der Waals surface area contributed by atoms with E-state index in [0.29, 0.717) is 11.3 Å². The molecule has 0 atom stereocenters. The highest BCUT2D eigenvalue weighted by Crippen LogP contribution is 2.31. The van der Waals surface area contributed by atoms with E-state index >= 15 is 0 Å². The van der Waals surface area contributed by atoms with Crippen molar-refractivity contribution < 1.29 is 23.8 Å². The Bertz CT molecular complexity index is 1470. The van der Waals surface area contributed by atoms with Crippen LogP contribution in [0.1, 0.15) is 48.1 Å². The second kappa shape index (κ2) is 11.4. The number of aromatic nitrogens is 1. The lowest BCUT2D eigenvalue weighted by Gasteiger charge is -2.37. The number of ether oxygens (including phenoxy) is 1. The summed E-state index contributed by atoms with van der Waals surface area (Å²) < 4.78 is 21.4. The van der Waals surface area contributed by atoms with Gasteiger partial charge in [0.15, 0.2) is 11.4 Å². The van der Waals surface area contributed by atoms with Gasteiger partial charge >= 0.3 is 6.09 Å². The second-order valence-electron chi connectivity index (χ2n) is 10.2. The van der Waals surface area contributed by atoms with E-state index in [9.17, 15) is 23.9 Å². The van der Waals surface area contributed by atoms with Gasteiger partial charge in [-0.15, -0.1) is 0 Å². The Morgan fingerprint density at radius 3 is 2.44 bits per heavy atom. The molecule has 1 aromatic heterocycles. The highest BCUT2D eigenvalue weighted by molar-refractivity contribution is 9.10. The minimum absolute atomic E-state index is 0.0350. The van der Waals surface area contributed by atoms with Gasteiger partial charge in [0, 0.05) is 25.2 Å². The Morgan fingerprint density at radius 2 is 1.82 bits per heavy atom. The number of carbonyl (C=O) groups is 2. The number of hydrogen-bond donors (Lipinski definition) is 1. The first kappa shape index (κ1) is 28.6. The zero-order valence-corrected chi connectivity index (χ0v) is 24.1. The molecule has 2 aromatic carbocycles. The van der Waals surface area contributed by atoms with Crippen molar-refractivity contribution in [3.63, 3.8) is 0 Å². The number of nitrogens with zero attached hydrogens (tertiary/aromatic N) is 3. The first-order chi connectivity index (χ1) is 18.4. The normalized spacial score (nSPS) is 13.3. The molecule has 0 unspecified atom stereocenters. The average Bonchev–Trinajstić information content (AvgIpc) is 2.87. The molecule has 11 heteroatoms. The Kier molecular flexibility index (Phi) is 8.37. The first-order valence-electron chi connectivity index (χ1n) is 12.2. The van der Waals surface area contributed by atoms with Crippen molar-refractivity contribution in [3.05, 3.63) is 96.6 Å². The number of benzene rings is 2. The van der Waals surface area contributed by atoms with Crippen LogP contribution >= 0.6 is 27.5 Å². The Labute approximate surface area is 238 Å². The minimum Gasteiger partial charge on any atom is -0.483 e. The molecule has 1 N–H and O–H groups in total. The predicted molar refractivity (Wildman–Crippen MR) is 149 cm³/mol. The van der Waals surface area contributed by atoms with Crippen molar-refractivity contribution in [1.82, 2.24) is 14.4 Å². The average molecular weight is 621 g/mol. The topological polar surface area (TPSA) is 92.1 Å². The molecule has 8 nitrogen and oxygen atoms in total. The number of halogens is 3. The summed E-state index contributed by atoms with van der Waals surface area (Å²) in [7, 11) is 0. The minimum atomic E-state index is -1.16. The van der Waals surface area contributed by atoms with E-state index in [-0.39, 0.29) is 53.7 Å².